The third-order valence-electron chi connectivity index (χ3n) is 5.54. The van der Waals surface area contributed by atoms with Gasteiger partial charge in [0.2, 0.25) is 10.0 Å². The van der Waals surface area contributed by atoms with Crippen LogP contribution >= 0.6 is 11.3 Å². The van der Waals surface area contributed by atoms with Gasteiger partial charge in [-0.25, -0.2) is 13.1 Å². The van der Waals surface area contributed by atoms with Crippen molar-refractivity contribution >= 4 is 21.4 Å². The van der Waals surface area contributed by atoms with Gasteiger partial charge in [-0.05, 0) is 60.5 Å². The molecule has 0 atom stereocenters. The molecule has 0 amide bonds. The number of thiophene rings is 1. The zero-order valence-corrected chi connectivity index (χ0v) is 20.3. The van der Waals surface area contributed by atoms with E-state index in [1.165, 1.54) is 18.4 Å². The lowest BCUT2D eigenvalue weighted by Crippen LogP contribution is -2.26. The molecule has 0 spiro atoms. The summed E-state index contributed by atoms with van der Waals surface area (Å²) in [5, 5.41) is 9.66. The van der Waals surface area contributed by atoms with Crippen LogP contribution in [0.5, 0.6) is 0 Å². The van der Waals surface area contributed by atoms with Crippen molar-refractivity contribution in [1.82, 2.24) is 19.9 Å². The number of hydrogen-bond acceptors (Lipinski definition) is 5. The van der Waals surface area contributed by atoms with Crippen LogP contribution in [0.1, 0.15) is 37.3 Å². The number of aryl methyl sites for hydroxylation is 1. The number of rotatable bonds is 11. The van der Waals surface area contributed by atoms with Crippen LogP contribution in [0.2, 0.25) is 0 Å². The van der Waals surface area contributed by atoms with Gasteiger partial charge in [0.1, 0.15) is 5.69 Å². The zero-order valence-electron chi connectivity index (χ0n) is 18.6. The predicted molar refractivity (Wildman–Crippen MR) is 134 cm³/mol. The molecule has 0 saturated heterocycles. The van der Waals surface area contributed by atoms with Gasteiger partial charge >= 0.3 is 0 Å². The van der Waals surface area contributed by atoms with Crippen molar-refractivity contribution in [2.75, 3.05) is 6.54 Å². The standard InChI is InChI=1S/C25H28N4O2S2/c1-2-3-4-7-19-10-12-21(13-11-19)33(30,31)27-16-14-22-24(20-8-5-15-26-18-20)28-29-25(22)23-9-6-17-32-23/h5-6,8-13,15,17-18,27H,2-4,7,14,16H2,1H3,(H,28,29). The Balaban J connectivity index is 1.48. The fraction of sp³-hybridized carbons (Fsp3) is 0.280. The monoisotopic (exact) mass is 480 g/mol. The second-order valence-electron chi connectivity index (χ2n) is 7.89. The lowest BCUT2D eigenvalue weighted by Gasteiger charge is -2.09. The molecule has 172 valence electrons. The SMILES string of the molecule is CCCCCc1ccc(S(=O)(=O)NCCc2c(-c3cccs3)n[nH]c2-c2cccnc2)cc1. The summed E-state index contributed by atoms with van der Waals surface area (Å²) >= 11 is 1.61. The van der Waals surface area contributed by atoms with Gasteiger partial charge < -0.3 is 0 Å². The van der Waals surface area contributed by atoms with Crippen LogP contribution in [0.25, 0.3) is 21.8 Å². The molecule has 0 unspecified atom stereocenters. The Morgan fingerprint density at radius 1 is 1.03 bits per heavy atom. The first-order valence-corrected chi connectivity index (χ1v) is 13.5. The molecule has 0 radical (unpaired) electrons. The van der Waals surface area contributed by atoms with Gasteiger partial charge in [0.05, 0.1) is 15.5 Å². The highest BCUT2D eigenvalue weighted by Gasteiger charge is 2.19. The molecule has 8 heteroatoms. The van der Waals surface area contributed by atoms with Crippen molar-refractivity contribution in [3.05, 3.63) is 77.4 Å². The minimum Gasteiger partial charge on any atom is -0.277 e. The maximum absolute atomic E-state index is 12.9. The molecular formula is C25H28N4O2S2. The van der Waals surface area contributed by atoms with Gasteiger partial charge in [-0.1, -0.05) is 38.0 Å². The van der Waals surface area contributed by atoms with Crippen LogP contribution in [-0.2, 0) is 22.9 Å². The van der Waals surface area contributed by atoms with E-state index in [1.54, 1.807) is 35.9 Å². The van der Waals surface area contributed by atoms with E-state index in [0.717, 1.165) is 40.2 Å². The summed E-state index contributed by atoms with van der Waals surface area (Å²) in [5.74, 6) is 0. The number of nitrogens with zero attached hydrogens (tertiary/aromatic N) is 2. The number of benzene rings is 1. The summed E-state index contributed by atoms with van der Waals surface area (Å²) in [6.07, 6.45) is 8.46. The number of pyridine rings is 1. The number of hydrogen-bond donors (Lipinski definition) is 2. The van der Waals surface area contributed by atoms with E-state index in [2.05, 4.69) is 26.8 Å². The quantitative estimate of drug-likeness (QED) is 0.279. The molecule has 0 aliphatic carbocycles. The van der Waals surface area contributed by atoms with Crippen molar-refractivity contribution in [1.29, 1.82) is 0 Å². The molecule has 4 aromatic rings. The van der Waals surface area contributed by atoms with Crippen LogP contribution in [0.3, 0.4) is 0 Å². The maximum atomic E-state index is 12.9. The summed E-state index contributed by atoms with van der Waals surface area (Å²) < 4.78 is 28.5. The Morgan fingerprint density at radius 3 is 2.58 bits per heavy atom. The zero-order chi connectivity index (χ0) is 23.1. The highest BCUT2D eigenvalue weighted by atomic mass is 32.2. The number of aromatic nitrogens is 3. The van der Waals surface area contributed by atoms with E-state index in [9.17, 15) is 8.42 Å². The van der Waals surface area contributed by atoms with E-state index in [4.69, 9.17) is 0 Å². The van der Waals surface area contributed by atoms with Crippen LogP contribution in [-0.4, -0.2) is 30.1 Å². The Morgan fingerprint density at radius 2 is 1.88 bits per heavy atom. The molecule has 0 fully saturated rings. The molecule has 0 aliphatic heterocycles. The first-order chi connectivity index (χ1) is 16.1. The van der Waals surface area contributed by atoms with Gasteiger partial charge in [-0.3, -0.25) is 10.1 Å². The first kappa shape index (κ1) is 23.4. The molecular weight excluding hydrogens is 452 g/mol. The van der Waals surface area contributed by atoms with Crippen LogP contribution in [0.4, 0.5) is 0 Å². The highest BCUT2D eigenvalue weighted by molar-refractivity contribution is 7.89. The van der Waals surface area contributed by atoms with Crippen LogP contribution < -0.4 is 4.72 Å². The minimum atomic E-state index is -3.59. The van der Waals surface area contributed by atoms with Crippen molar-refractivity contribution in [2.45, 2.75) is 43.9 Å². The second-order valence-corrected chi connectivity index (χ2v) is 10.6. The molecule has 0 saturated carbocycles. The molecule has 0 aliphatic rings. The van der Waals surface area contributed by atoms with Crippen molar-refractivity contribution in [2.24, 2.45) is 0 Å². The summed E-state index contributed by atoms with van der Waals surface area (Å²) in [7, 11) is -3.59. The molecule has 33 heavy (non-hydrogen) atoms. The van der Waals surface area contributed by atoms with Gasteiger partial charge in [0.15, 0.2) is 0 Å². The second kappa shape index (κ2) is 10.9. The van der Waals surface area contributed by atoms with Gasteiger partial charge in [-0.2, -0.15) is 5.10 Å². The highest BCUT2D eigenvalue weighted by Crippen LogP contribution is 2.32. The number of unbranched alkanes of at least 4 members (excludes halogenated alkanes) is 2. The minimum absolute atomic E-state index is 0.270. The number of aromatic amines is 1. The predicted octanol–water partition coefficient (Wildman–Crippen LogP) is 5.45. The fourth-order valence-electron chi connectivity index (χ4n) is 3.78. The summed E-state index contributed by atoms with van der Waals surface area (Å²) in [4.78, 5) is 5.54. The molecule has 2 N–H and O–H groups in total. The number of nitrogens with one attached hydrogen (secondary N) is 2. The van der Waals surface area contributed by atoms with Gasteiger partial charge in [0.25, 0.3) is 0 Å². The van der Waals surface area contributed by atoms with Crippen molar-refractivity contribution < 1.29 is 8.42 Å². The van der Waals surface area contributed by atoms with Gasteiger partial charge in [0, 0.05) is 30.1 Å². The Labute approximate surface area is 199 Å². The third-order valence-corrected chi connectivity index (χ3v) is 7.90. The normalized spacial score (nSPS) is 11.7. The molecule has 4 rings (SSSR count). The van der Waals surface area contributed by atoms with Crippen LogP contribution in [0.15, 0.2) is 71.2 Å². The Kier molecular flexibility index (Phi) is 7.69. The van der Waals surface area contributed by atoms with E-state index in [0.29, 0.717) is 11.3 Å². The fourth-order valence-corrected chi connectivity index (χ4v) is 5.56. The lowest BCUT2D eigenvalue weighted by molar-refractivity contribution is 0.581. The maximum Gasteiger partial charge on any atom is 0.240 e. The molecule has 1 aromatic carbocycles. The summed E-state index contributed by atoms with van der Waals surface area (Å²) in [5.41, 5.74) is 4.77. The van der Waals surface area contributed by atoms with E-state index in [1.807, 2.05) is 41.8 Å². The van der Waals surface area contributed by atoms with Gasteiger partial charge in [-0.15, -0.1) is 11.3 Å². The van der Waals surface area contributed by atoms with E-state index < -0.39 is 10.0 Å². The smallest absolute Gasteiger partial charge is 0.240 e. The molecule has 3 heterocycles. The number of H-pyrrole nitrogens is 1. The Hall–Kier alpha value is -2.81. The van der Waals surface area contributed by atoms with E-state index >= 15 is 0 Å². The molecule has 0 bridgehead atoms. The Bertz CT molecular complexity index is 1250. The largest absolute Gasteiger partial charge is 0.277 e. The first-order valence-electron chi connectivity index (χ1n) is 11.2. The average molecular weight is 481 g/mol. The van der Waals surface area contributed by atoms with Crippen molar-refractivity contribution in [3.63, 3.8) is 0 Å². The van der Waals surface area contributed by atoms with Crippen LogP contribution in [0, 0.1) is 0 Å². The molecule has 3 aromatic heterocycles. The average Bonchev–Trinajstić information content (AvgIpc) is 3.50. The molecule has 6 nitrogen and oxygen atoms in total. The third kappa shape index (κ3) is 5.76. The van der Waals surface area contributed by atoms with E-state index in [-0.39, 0.29) is 6.54 Å². The summed E-state index contributed by atoms with van der Waals surface area (Å²) in [6, 6.07) is 15.1. The van der Waals surface area contributed by atoms with Crippen molar-refractivity contribution in [3.8, 4) is 21.8 Å². The summed E-state index contributed by atoms with van der Waals surface area (Å²) in [6.45, 7) is 2.44. The number of sulfonamides is 1. The topological polar surface area (TPSA) is 87.7 Å². The lowest BCUT2D eigenvalue weighted by atomic mass is 10.0.